The first-order valence-electron chi connectivity index (χ1n) is 5.33. The van der Waals surface area contributed by atoms with Gasteiger partial charge in [-0.2, -0.15) is 0 Å². The summed E-state index contributed by atoms with van der Waals surface area (Å²) in [6, 6.07) is 3.85. The van der Waals surface area contributed by atoms with E-state index in [9.17, 15) is 4.79 Å². The van der Waals surface area contributed by atoms with Crippen molar-refractivity contribution in [3.8, 4) is 10.6 Å². The fraction of sp³-hybridized carbons (Fsp3) is 0.250. The largest absolute Gasteiger partial charge is 0.481 e. The van der Waals surface area contributed by atoms with E-state index in [1.165, 1.54) is 11.8 Å². The van der Waals surface area contributed by atoms with Gasteiger partial charge in [-0.3, -0.25) is 9.78 Å². The summed E-state index contributed by atoms with van der Waals surface area (Å²) in [6.07, 6.45) is 3.51. The molecule has 0 fully saturated rings. The molecule has 0 radical (unpaired) electrons. The number of carboxylic acids is 1. The number of hydrogen-bond donors (Lipinski definition) is 1. The van der Waals surface area contributed by atoms with E-state index in [0.717, 1.165) is 21.1 Å². The highest BCUT2D eigenvalue weighted by Crippen LogP contribution is 2.29. The lowest BCUT2D eigenvalue weighted by molar-refractivity contribution is -0.133. The van der Waals surface area contributed by atoms with Crippen molar-refractivity contribution in [2.75, 3.05) is 5.75 Å². The molecule has 18 heavy (non-hydrogen) atoms. The molecule has 0 amide bonds. The number of aromatic nitrogens is 2. The van der Waals surface area contributed by atoms with E-state index in [1.54, 1.807) is 23.7 Å². The SMILES string of the molecule is Cc1nc(-c2cccnc2)sc1CSCC(=O)O. The van der Waals surface area contributed by atoms with Crippen LogP contribution in [0.5, 0.6) is 0 Å². The molecule has 0 saturated heterocycles. The van der Waals surface area contributed by atoms with Gasteiger partial charge in [0.1, 0.15) is 5.01 Å². The van der Waals surface area contributed by atoms with Crippen LogP contribution in [0.1, 0.15) is 10.6 Å². The van der Waals surface area contributed by atoms with E-state index >= 15 is 0 Å². The quantitative estimate of drug-likeness (QED) is 0.912. The number of thiazole rings is 1. The Morgan fingerprint density at radius 1 is 1.56 bits per heavy atom. The van der Waals surface area contributed by atoms with Crippen LogP contribution in [-0.4, -0.2) is 26.8 Å². The molecular formula is C12H12N2O2S2. The second kappa shape index (κ2) is 5.97. The second-order valence-corrected chi connectivity index (χ2v) is 5.73. The van der Waals surface area contributed by atoms with E-state index in [1.807, 2.05) is 19.1 Å². The molecule has 0 saturated carbocycles. The third-order valence-electron chi connectivity index (χ3n) is 2.26. The number of nitrogens with zero attached hydrogens (tertiary/aromatic N) is 2. The van der Waals surface area contributed by atoms with Gasteiger partial charge in [0.25, 0.3) is 0 Å². The van der Waals surface area contributed by atoms with Crippen molar-refractivity contribution < 1.29 is 9.90 Å². The van der Waals surface area contributed by atoms with Crippen LogP contribution in [0.2, 0.25) is 0 Å². The molecule has 0 atom stereocenters. The first-order valence-corrected chi connectivity index (χ1v) is 7.30. The maximum Gasteiger partial charge on any atom is 0.313 e. The van der Waals surface area contributed by atoms with Crippen molar-refractivity contribution in [3.05, 3.63) is 35.1 Å². The zero-order chi connectivity index (χ0) is 13.0. The molecule has 2 aromatic rings. The van der Waals surface area contributed by atoms with Crippen molar-refractivity contribution in [2.24, 2.45) is 0 Å². The topological polar surface area (TPSA) is 63.1 Å². The number of carbonyl (C=O) groups is 1. The summed E-state index contributed by atoms with van der Waals surface area (Å²) in [7, 11) is 0. The third-order valence-corrected chi connectivity index (χ3v) is 4.59. The monoisotopic (exact) mass is 280 g/mol. The summed E-state index contributed by atoms with van der Waals surface area (Å²) in [5.41, 5.74) is 1.97. The molecule has 4 nitrogen and oxygen atoms in total. The number of rotatable bonds is 5. The summed E-state index contributed by atoms with van der Waals surface area (Å²) >= 11 is 2.99. The van der Waals surface area contributed by atoms with E-state index in [4.69, 9.17) is 5.11 Å². The Bertz CT molecular complexity index is 540. The van der Waals surface area contributed by atoms with Crippen LogP contribution in [0.15, 0.2) is 24.5 Å². The maximum atomic E-state index is 10.5. The highest BCUT2D eigenvalue weighted by molar-refractivity contribution is 7.99. The second-order valence-electron chi connectivity index (χ2n) is 3.66. The Morgan fingerprint density at radius 3 is 3.06 bits per heavy atom. The molecule has 0 aromatic carbocycles. The molecule has 2 rings (SSSR count). The van der Waals surface area contributed by atoms with Gasteiger partial charge in [0.2, 0.25) is 0 Å². The van der Waals surface area contributed by atoms with E-state index in [-0.39, 0.29) is 5.75 Å². The molecule has 2 aromatic heterocycles. The van der Waals surface area contributed by atoms with Gasteiger partial charge in [0, 0.05) is 28.6 Å². The fourth-order valence-electron chi connectivity index (χ4n) is 1.41. The van der Waals surface area contributed by atoms with E-state index in [0.29, 0.717) is 5.75 Å². The summed E-state index contributed by atoms with van der Waals surface area (Å²) in [5.74, 6) is 0.0324. The van der Waals surface area contributed by atoms with Crippen LogP contribution in [0.25, 0.3) is 10.6 Å². The van der Waals surface area contributed by atoms with Gasteiger partial charge in [-0.15, -0.1) is 23.1 Å². The Morgan fingerprint density at radius 2 is 2.39 bits per heavy atom. The lowest BCUT2D eigenvalue weighted by Crippen LogP contribution is -1.97. The highest BCUT2D eigenvalue weighted by atomic mass is 32.2. The van der Waals surface area contributed by atoms with E-state index < -0.39 is 5.97 Å². The van der Waals surface area contributed by atoms with Gasteiger partial charge in [-0.25, -0.2) is 4.98 Å². The minimum absolute atomic E-state index is 0.125. The molecule has 0 bridgehead atoms. The molecule has 0 spiro atoms. The summed E-state index contributed by atoms with van der Waals surface area (Å²) in [5, 5.41) is 9.54. The molecule has 2 heterocycles. The van der Waals surface area contributed by atoms with Crippen LogP contribution in [0.3, 0.4) is 0 Å². The predicted octanol–water partition coefficient (Wildman–Crippen LogP) is 2.83. The van der Waals surface area contributed by atoms with Gasteiger partial charge in [0.05, 0.1) is 11.4 Å². The molecule has 0 aliphatic rings. The van der Waals surface area contributed by atoms with Crippen molar-refractivity contribution in [1.82, 2.24) is 9.97 Å². The first kappa shape index (κ1) is 13.0. The van der Waals surface area contributed by atoms with Crippen LogP contribution in [0.4, 0.5) is 0 Å². The Labute approximate surface area is 113 Å². The standard InChI is InChI=1S/C12H12N2O2S2/c1-8-10(6-17-7-11(15)16)18-12(14-8)9-3-2-4-13-5-9/h2-5H,6-7H2,1H3,(H,15,16). The minimum Gasteiger partial charge on any atom is -0.481 e. The Hall–Kier alpha value is -1.40. The molecule has 1 N–H and O–H groups in total. The van der Waals surface area contributed by atoms with Crippen LogP contribution in [0, 0.1) is 6.92 Å². The van der Waals surface area contributed by atoms with Crippen molar-refractivity contribution >= 4 is 29.1 Å². The summed E-state index contributed by atoms with van der Waals surface area (Å²) in [6.45, 7) is 1.95. The average molecular weight is 280 g/mol. The maximum absolute atomic E-state index is 10.5. The zero-order valence-electron chi connectivity index (χ0n) is 9.79. The predicted molar refractivity (Wildman–Crippen MR) is 73.9 cm³/mol. The summed E-state index contributed by atoms with van der Waals surface area (Å²) < 4.78 is 0. The van der Waals surface area contributed by atoms with Crippen LogP contribution in [-0.2, 0) is 10.5 Å². The number of aliphatic carboxylic acids is 1. The van der Waals surface area contributed by atoms with Crippen molar-refractivity contribution in [2.45, 2.75) is 12.7 Å². The molecule has 0 unspecified atom stereocenters. The van der Waals surface area contributed by atoms with Gasteiger partial charge in [-0.1, -0.05) is 0 Å². The lowest BCUT2D eigenvalue weighted by Gasteiger charge is -1.95. The Balaban J connectivity index is 2.10. The fourth-order valence-corrected chi connectivity index (χ4v) is 3.41. The molecule has 0 aliphatic carbocycles. The van der Waals surface area contributed by atoms with Crippen molar-refractivity contribution in [3.63, 3.8) is 0 Å². The zero-order valence-corrected chi connectivity index (χ0v) is 11.4. The van der Waals surface area contributed by atoms with E-state index in [2.05, 4.69) is 9.97 Å². The highest BCUT2D eigenvalue weighted by Gasteiger charge is 2.10. The summed E-state index contributed by atoms with van der Waals surface area (Å²) in [4.78, 5) is 20.2. The van der Waals surface area contributed by atoms with Gasteiger partial charge >= 0.3 is 5.97 Å². The van der Waals surface area contributed by atoms with Crippen molar-refractivity contribution in [1.29, 1.82) is 0 Å². The Kier molecular flexibility index (Phi) is 4.33. The normalized spacial score (nSPS) is 10.5. The number of thioether (sulfide) groups is 1. The molecule has 0 aliphatic heterocycles. The van der Waals surface area contributed by atoms with Gasteiger partial charge in [-0.05, 0) is 19.1 Å². The van der Waals surface area contributed by atoms with Gasteiger partial charge < -0.3 is 5.11 Å². The third kappa shape index (κ3) is 3.30. The van der Waals surface area contributed by atoms with Crippen LogP contribution >= 0.6 is 23.1 Å². The number of carboxylic acid groups (broad SMARTS) is 1. The number of aryl methyl sites for hydroxylation is 1. The average Bonchev–Trinajstić information content (AvgIpc) is 2.72. The van der Waals surface area contributed by atoms with Crippen LogP contribution < -0.4 is 0 Å². The smallest absolute Gasteiger partial charge is 0.313 e. The van der Waals surface area contributed by atoms with Gasteiger partial charge in [0.15, 0.2) is 0 Å². The number of hydrogen-bond acceptors (Lipinski definition) is 5. The lowest BCUT2D eigenvalue weighted by atomic mass is 10.3. The number of pyridine rings is 1. The molecule has 6 heteroatoms. The first-order chi connectivity index (χ1) is 8.66. The molecular weight excluding hydrogens is 268 g/mol. The molecule has 94 valence electrons. The minimum atomic E-state index is -0.783.